The number of halogens is 2. The van der Waals surface area contributed by atoms with Crippen LogP contribution in [0, 0.1) is 23.5 Å². The zero-order valence-corrected chi connectivity index (χ0v) is 21.2. The van der Waals surface area contributed by atoms with Crippen LogP contribution in [0.5, 0.6) is 0 Å². The molecule has 198 valence electrons. The SMILES string of the molecule is COC(=O)C1CCCC(C(=O)N2CCC(c3ccc(NC(=O)CCc4ccc(F)c(F)c4)cc3)CC2)C1. The standard InChI is InChI=1S/C29H34F2N2O4/c1-37-29(36)23-4-2-3-22(18-23)28(35)33-15-13-21(14-16-33)20-7-9-24(10-8-20)32-27(34)12-6-19-5-11-25(30)26(31)17-19/h5,7-11,17,21-23H,2-4,6,12-16,18H2,1H3,(H,32,34). The van der Waals surface area contributed by atoms with Gasteiger partial charge >= 0.3 is 5.97 Å². The van der Waals surface area contributed by atoms with Crippen molar-refractivity contribution in [2.24, 2.45) is 11.8 Å². The van der Waals surface area contributed by atoms with E-state index >= 15 is 0 Å². The van der Waals surface area contributed by atoms with E-state index in [0.29, 0.717) is 43.1 Å². The summed E-state index contributed by atoms with van der Waals surface area (Å²) in [6, 6.07) is 11.4. The molecule has 2 aliphatic rings. The minimum absolute atomic E-state index is 0.0978. The molecule has 0 aromatic heterocycles. The fourth-order valence-electron chi connectivity index (χ4n) is 5.50. The summed E-state index contributed by atoms with van der Waals surface area (Å²) in [5.41, 5.74) is 2.43. The van der Waals surface area contributed by atoms with Gasteiger partial charge in [0.05, 0.1) is 13.0 Å². The Labute approximate surface area is 216 Å². The van der Waals surface area contributed by atoms with E-state index in [1.165, 1.54) is 18.7 Å². The lowest BCUT2D eigenvalue weighted by Gasteiger charge is -2.36. The summed E-state index contributed by atoms with van der Waals surface area (Å²) >= 11 is 0. The fourth-order valence-corrected chi connectivity index (χ4v) is 5.50. The Bertz CT molecular complexity index is 1110. The molecule has 0 bridgehead atoms. The van der Waals surface area contributed by atoms with Crippen LogP contribution in [0.4, 0.5) is 14.5 Å². The summed E-state index contributed by atoms with van der Waals surface area (Å²) in [6.07, 6.45) is 5.32. The van der Waals surface area contributed by atoms with Gasteiger partial charge < -0.3 is 15.0 Å². The number of esters is 1. The lowest BCUT2D eigenvalue weighted by molar-refractivity contribution is -0.148. The average molecular weight is 513 g/mol. The first-order valence-corrected chi connectivity index (χ1v) is 13.0. The van der Waals surface area contributed by atoms with Crippen LogP contribution in [-0.4, -0.2) is 42.9 Å². The van der Waals surface area contributed by atoms with E-state index in [4.69, 9.17) is 4.74 Å². The van der Waals surface area contributed by atoms with Crippen molar-refractivity contribution in [1.82, 2.24) is 4.90 Å². The van der Waals surface area contributed by atoms with Gasteiger partial charge in [0.15, 0.2) is 11.6 Å². The van der Waals surface area contributed by atoms with E-state index in [9.17, 15) is 23.2 Å². The Balaban J connectivity index is 1.23. The molecule has 6 nitrogen and oxygen atoms in total. The van der Waals surface area contributed by atoms with Gasteiger partial charge in [-0.15, -0.1) is 0 Å². The van der Waals surface area contributed by atoms with Gasteiger partial charge in [-0.1, -0.05) is 24.6 Å². The average Bonchev–Trinajstić information content (AvgIpc) is 2.93. The van der Waals surface area contributed by atoms with Gasteiger partial charge in [0.25, 0.3) is 0 Å². The summed E-state index contributed by atoms with van der Waals surface area (Å²) in [6.45, 7) is 1.40. The summed E-state index contributed by atoms with van der Waals surface area (Å²) in [7, 11) is 1.40. The van der Waals surface area contributed by atoms with Gasteiger partial charge in [0.2, 0.25) is 11.8 Å². The van der Waals surface area contributed by atoms with Gasteiger partial charge in [-0.3, -0.25) is 14.4 Å². The van der Waals surface area contributed by atoms with Gasteiger partial charge in [-0.25, -0.2) is 8.78 Å². The van der Waals surface area contributed by atoms with Crippen LogP contribution in [-0.2, 0) is 25.5 Å². The summed E-state index contributed by atoms with van der Waals surface area (Å²) in [5, 5.41) is 2.85. The van der Waals surface area contributed by atoms with Crippen molar-refractivity contribution in [2.75, 3.05) is 25.5 Å². The Morgan fingerprint density at radius 2 is 1.65 bits per heavy atom. The Morgan fingerprint density at radius 3 is 2.32 bits per heavy atom. The molecule has 2 aromatic carbocycles. The third-order valence-corrected chi connectivity index (χ3v) is 7.66. The van der Waals surface area contributed by atoms with E-state index in [-0.39, 0.29) is 36.0 Å². The number of piperidine rings is 1. The number of benzene rings is 2. The third kappa shape index (κ3) is 6.93. The Morgan fingerprint density at radius 1 is 0.946 bits per heavy atom. The molecule has 8 heteroatoms. The fraction of sp³-hybridized carbons (Fsp3) is 0.483. The molecule has 1 saturated carbocycles. The van der Waals surface area contributed by atoms with E-state index < -0.39 is 11.6 Å². The van der Waals surface area contributed by atoms with E-state index in [2.05, 4.69) is 5.32 Å². The Hall–Kier alpha value is -3.29. The summed E-state index contributed by atoms with van der Waals surface area (Å²) in [4.78, 5) is 39.2. The van der Waals surface area contributed by atoms with Gasteiger partial charge in [-0.05, 0) is 79.8 Å². The second kappa shape index (κ2) is 12.3. The summed E-state index contributed by atoms with van der Waals surface area (Å²) < 4.78 is 31.3. The topological polar surface area (TPSA) is 75.7 Å². The second-order valence-corrected chi connectivity index (χ2v) is 10.1. The van der Waals surface area contributed by atoms with Crippen molar-refractivity contribution >= 4 is 23.5 Å². The number of anilines is 1. The van der Waals surface area contributed by atoms with Crippen LogP contribution < -0.4 is 5.32 Å². The number of hydrogen-bond donors (Lipinski definition) is 1. The number of rotatable bonds is 7. The molecule has 2 fully saturated rings. The van der Waals surface area contributed by atoms with Crippen molar-refractivity contribution in [3.63, 3.8) is 0 Å². The first kappa shape index (κ1) is 26.8. The zero-order valence-electron chi connectivity index (χ0n) is 21.2. The number of methoxy groups -OCH3 is 1. The normalized spacial score (nSPS) is 20.4. The summed E-state index contributed by atoms with van der Waals surface area (Å²) in [5.74, 6) is -1.98. The predicted molar refractivity (Wildman–Crippen MR) is 136 cm³/mol. The molecule has 4 rings (SSSR count). The molecule has 2 amide bonds. The highest BCUT2D eigenvalue weighted by molar-refractivity contribution is 5.90. The largest absolute Gasteiger partial charge is 0.469 e. The monoisotopic (exact) mass is 512 g/mol. The molecule has 1 N–H and O–H groups in total. The second-order valence-electron chi connectivity index (χ2n) is 10.1. The number of ether oxygens (including phenoxy) is 1. The molecule has 2 aromatic rings. The van der Waals surface area contributed by atoms with Crippen LogP contribution in [0.2, 0.25) is 0 Å². The minimum Gasteiger partial charge on any atom is -0.469 e. The van der Waals surface area contributed by atoms with Crippen LogP contribution >= 0.6 is 0 Å². The van der Waals surface area contributed by atoms with Crippen molar-refractivity contribution in [2.45, 2.75) is 57.3 Å². The van der Waals surface area contributed by atoms with E-state index in [1.54, 1.807) is 0 Å². The lowest BCUT2D eigenvalue weighted by atomic mass is 9.80. The molecule has 1 aliphatic carbocycles. The minimum atomic E-state index is -0.912. The highest BCUT2D eigenvalue weighted by Crippen LogP contribution is 2.34. The van der Waals surface area contributed by atoms with Gasteiger partial charge in [-0.2, -0.15) is 0 Å². The van der Waals surface area contributed by atoms with Crippen molar-refractivity contribution in [3.8, 4) is 0 Å². The molecule has 2 atom stereocenters. The number of carbonyl (C=O) groups excluding carboxylic acids is 3. The number of nitrogens with one attached hydrogen (secondary N) is 1. The maximum Gasteiger partial charge on any atom is 0.308 e. The van der Waals surface area contributed by atoms with Crippen LogP contribution in [0.15, 0.2) is 42.5 Å². The molecule has 1 heterocycles. The first-order valence-electron chi connectivity index (χ1n) is 13.0. The molecular weight excluding hydrogens is 478 g/mol. The quantitative estimate of drug-likeness (QED) is 0.516. The zero-order chi connectivity index (χ0) is 26.4. The number of amides is 2. The maximum atomic E-state index is 13.3. The lowest BCUT2D eigenvalue weighted by Crippen LogP contribution is -2.43. The van der Waals surface area contributed by atoms with Crippen LogP contribution in [0.3, 0.4) is 0 Å². The van der Waals surface area contributed by atoms with Crippen molar-refractivity contribution < 1.29 is 27.9 Å². The molecule has 1 aliphatic heterocycles. The molecule has 2 unspecified atom stereocenters. The highest BCUT2D eigenvalue weighted by atomic mass is 19.2. The van der Waals surface area contributed by atoms with Crippen LogP contribution in [0.1, 0.15) is 62.0 Å². The first-order chi connectivity index (χ1) is 17.8. The molecule has 1 saturated heterocycles. The highest BCUT2D eigenvalue weighted by Gasteiger charge is 2.35. The predicted octanol–water partition coefficient (Wildman–Crippen LogP) is 5.22. The van der Waals surface area contributed by atoms with Crippen LogP contribution in [0.25, 0.3) is 0 Å². The molecule has 0 spiro atoms. The Kier molecular flexibility index (Phi) is 8.90. The number of hydrogen-bond acceptors (Lipinski definition) is 4. The van der Waals surface area contributed by atoms with Crippen molar-refractivity contribution in [1.29, 1.82) is 0 Å². The van der Waals surface area contributed by atoms with E-state index in [1.807, 2.05) is 29.2 Å². The number of likely N-dealkylation sites (tertiary alicyclic amines) is 1. The third-order valence-electron chi connectivity index (χ3n) is 7.66. The van der Waals surface area contributed by atoms with Gasteiger partial charge in [0.1, 0.15) is 0 Å². The molecular formula is C29H34F2N2O4. The smallest absolute Gasteiger partial charge is 0.308 e. The number of aryl methyl sites for hydroxylation is 1. The number of nitrogens with zero attached hydrogens (tertiary/aromatic N) is 1. The van der Waals surface area contributed by atoms with Crippen molar-refractivity contribution in [3.05, 3.63) is 65.2 Å². The maximum absolute atomic E-state index is 13.3. The van der Waals surface area contributed by atoms with E-state index in [0.717, 1.165) is 44.2 Å². The number of carbonyl (C=O) groups is 3. The van der Waals surface area contributed by atoms with Gasteiger partial charge in [0, 0.05) is 31.1 Å². The molecule has 37 heavy (non-hydrogen) atoms. The molecule has 0 radical (unpaired) electrons.